The molecule has 0 radical (unpaired) electrons. The van der Waals surface area contributed by atoms with Gasteiger partial charge in [-0.15, -0.1) is 23.1 Å². The minimum Gasteiger partial charge on any atom is -0.450 e. The summed E-state index contributed by atoms with van der Waals surface area (Å²) in [5.74, 6) is -1.35. The first-order chi connectivity index (χ1) is 15.8. The Labute approximate surface area is 200 Å². The zero-order chi connectivity index (χ0) is 24.0. The third-order valence-corrected chi connectivity index (χ3v) is 8.86. The Bertz CT molecular complexity index is 1120. The number of carbonyl (C=O) groups is 3. The monoisotopic (exact) mass is 511 g/mol. The molecular formula is C21H25N3O6S3. The molecule has 1 aliphatic rings. The molecule has 0 saturated carbocycles. The Kier molecular flexibility index (Phi) is 8.51. The third-order valence-electron chi connectivity index (χ3n) is 5.15. The van der Waals surface area contributed by atoms with Crippen LogP contribution in [0, 0.1) is 5.92 Å². The molecule has 1 saturated heterocycles. The number of rotatable bonds is 7. The summed E-state index contributed by atoms with van der Waals surface area (Å²) in [5, 5.41) is 6.81. The standard InChI is InChI=1S/C21H25N3O6S3/c1-3-30-21(27)23-19(26)15-10-13-32-20(15)22-18(25)14-8-11-24(12-9-14)33(28,29)17-7-5-4-6-16(17)31-2/h4-7,10,13-14H,3,8-9,11-12H2,1-2H3,(H,22,25)(H,23,26,27). The Morgan fingerprint density at radius 2 is 1.88 bits per heavy atom. The molecule has 2 N–H and O–H groups in total. The number of carbonyl (C=O) groups excluding carboxylic acids is 3. The van der Waals surface area contributed by atoms with Crippen molar-refractivity contribution in [3.05, 3.63) is 41.3 Å². The van der Waals surface area contributed by atoms with Crippen molar-refractivity contribution >= 4 is 56.0 Å². The van der Waals surface area contributed by atoms with E-state index in [2.05, 4.69) is 10.6 Å². The second-order valence-electron chi connectivity index (χ2n) is 7.16. The topological polar surface area (TPSA) is 122 Å². The molecule has 12 heteroatoms. The van der Waals surface area contributed by atoms with E-state index in [-0.39, 0.29) is 36.1 Å². The maximum Gasteiger partial charge on any atom is 0.414 e. The zero-order valence-electron chi connectivity index (χ0n) is 18.2. The van der Waals surface area contributed by atoms with E-state index in [1.54, 1.807) is 36.6 Å². The first kappa shape index (κ1) is 25.2. The first-order valence-electron chi connectivity index (χ1n) is 10.3. The number of imide groups is 1. The zero-order valence-corrected chi connectivity index (χ0v) is 20.6. The Morgan fingerprint density at radius 1 is 1.18 bits per heavy atom. The predicted octanol–water partition coefficient (Wildman–Crippen LogP) is 3.40. The van der Waals surface area contributed by atoms with Crippen LogP contribution in [0.1, 0.15) is 30.1 Å². The molecule has 0 unspecified atom stereocenters. The molecule has 0 aliphatic carbocycles. The van der Waals surface area contributed by atoms with Crippen LogP contribution in [0.4, 0.5) is 9.80 Å². The number of sulfonamides is 1. The first-order valence-corrected chi connectivity index (χ1v) is 13.8. The van der Waals surface area contributed by atoms with Gasteiger partial charge >= 0.3 is 6.09 Å². The molecule has 178 valence electrons. The van der Waals surface area contributed by atoms with E-state index in [1.165, 1.54) is 22.1 Å². The lowest BCUT2D eigenvalue weighted by Crippen LogP contribution is -2.41. The van der Waals surface area contributed by atoms with E-state index in [4.69, 9.17) is 4.74 Å². The number of hydrogen-bond donors (Lipinski definition) is 2. The number of piperidine rings is 1. The molecule has 1 aliphatic heterocycles. The van der Waals surface area contributed by atoms with Crippen molar-refractivity contribution in [3.8, 4) is 0 Å². The Balaban J connectivity index is 1.61. The van der Waals surface area contributed by atoms with Crippen LogP contribution in [-0.2, 0) is 19.6 Å². The minimum atomic E-state index is -3.65. The van der Waals surface area contributed by atoms with Gasteiger partial charge in [0.25, 0.3) is 5.91 Å². The fourth-order valence-corrected chi connectivity index (χ4v) is 6.84. The molecule has 0 bridgehead atoms. The van der Waals surface area contributed by atoms with Crippen LogP contribution in [0.5, 0.6) is 0 Å². The van der Waals surface area contributed by atoms with Gasteiger partial charge in [0, 0.05) is 23.9 Å². The largest absolute Gasteiger partial charge is 0.450 e. The molecule has 2 heterocycles. The van der Waals surface area contributed by atoms with Gasteiger partial charge in [-0.2, -0.15) is 4.31 Å². The van der Waals surface area contributed by atoms with Gasteiger partial charge in [0.05, 0.1) is 17.1 Å². The molecular weight excluding hydrogens is 486 g/mol. The lowest BCUT2D eigenvalue weighted by Gasteiger charge is -2.31. The van der Waals surface area contributed by atoms with Crippen LogP contribution < -0.4 is 10.6 Å². The fraction of sp³-hybridized carbons (Fsp3) is 0.381. The van der Waals surface area contributed by atoms with Crippen molar-refractivity contribution in [3.63, 3.8) is 0 Å². The average Bonchev–Trinajstić information content (AvgIpc) is 3.27. The van der Waals surface area contributed by atoms with Gasteiger partial charge in [-0.1, -0.05) is 12.1 Å². The molecule has 0 spiro atoms. The Morgan fingerprint density at radius 3 is 2.55 bits per heavy atom. The molecule has 2 aromatic rings. The summed E-state index contributed by atoms with van der Waals surface area (Å²) in [6, 6.07) is 8.37. The summed E-state index contributed by atoms with van der Waals surface area (Å²) < 4.78 is 32.3. The lowest BCUT2D eigenvalue weighted by atomic mass is 9.97. The van der Waals surface area contributed by atoms with Crippen molar-refractivity contribution in [1.29, 1.82) is 0 Å². The van der Waals surface area contributed by atoms with E-state index >= 15 is 0 Å². The van der Waals surface area contributed by atoms with Gasteiger partial charge in [0.15, 0.2) is 0 Å². The number of nitrogens with zero attached hydrogens (tertiary/aromatic N) is 1. The smallest absolute Gasteiger partial charge is 0.414 e. The van der Waals surface area contributed by atoms with Gasteiger partial charge in [-0.25, -0.2) is 13.2 Å². The van der Waals surface area contributed by atoms with Gasteiger partial charge in [-0.3, -0.25) is 14.9 Å². The normalized spacial score (nSPS) is 15.1. The van der Waals surface area contributed by atoms with E-state index in [0.29, 0.717) is 22.7 Å². The summed E-state index contributed by atoms with van der Waals surface area (Å²) in [7, 11) is -3.65. The quantitative estimate of drug-likeness (QED) is 0.547. The number of nitrogens with one attached hydrogen (secondary N) is 2. The van der Waals surface area contributed by atoms with Crippen molar-refractivity contribution in [1.82, 2.24) is 9.62 Å². The summed E-state index contributed by atoms with van der Waals surface area (Å²) in [5.41, 5.74) is 0.162. The molecule has 0 atom stereocenters. The maximum atomic E-state index is 13.1. The van der Waals surface area contributed by atoms with Crippen molar-refractivity contribution in [2.75, 3.05) is 31.3 Å². The second-order valence-corrected chi connectivity index (χ2v) is 10.8. The van der Waals surface area contributed by atoms with Gasteiger partial charge in [-0.05, 0) is 49.6 Å². The van der Waals surface area contributed by atoms with Crippen LogP contribution in [0.3, 0.4) is 0 Å². The number of alkyl carbamates (subject to hydrolysis) is 1. The molecule has 3 amide bonds. The number of thiophene rings is 1. The van der Waals surface area contributed by atoms with E-state index in [0.717, 1.165) is 11.3 Å². The summed E-state index contributed by atoms with van der Waals surface area (Å²) in [6.07, 6.45) is 1.70. The maximum absolute atomic E-state index is 13.1. The Hall–Kier alpha value is -2.41. The summed E-state index contributed by atoms with van der Waals surface area (Å²) in [6.45, 7) is 2.20. The third kappa shape index (κ3) is 5.94. The molecule has 1 fully saturated rings. The second kappa shape index (κ2) is 11.1. The highest BCUT2D eigenvalue weighted by atomic mass is 32.2. The lowest BCUT2D eigenvalue weighted by molar-refractivity contribution is -0.120. The molecule has 3 rings (SSSR count). The summed E-state index contributed by atoms with van der Waals surface area (Å²) >= 11 is 2.54. The van der Waals surface area contributed by atoms with Gasteiger partial charge in [0.2, 0.25) is 15.9 Å². The summed E-state index contributed by atoms with van der Waals surface area (Å²) in [4.78, 5) is 37.5. The van der Waals surface area contributed by atoms with Crippen molar-refractivity contribution in [2.24, 2.45) is 5.92 Å². The van der Waals surface area contributed by atoms with Crippen LogP contribution in [-0.4, -0.2) is 56.6 Å². The highest BCUT2D eigenvalue weighted by molar-refractivity contribution is 7.99. The fourth-order valence-electron chi connectivity index (χ4n) is 3.46. The van der Waals surface area contributed by atoms with Crippen molar-refractivity contribution < 1.29 is 27.5 Å². The van der Waals surface area contributed by atoms with Crippen LogP contribution in [0.2, 0.25) is 0 Å². The van der Waals surface area contributed by atoms with Gasteiger partial charge < -0.3 is 10.1 Å². The highest BCUT2D eigenvalue weighted by Gasteiger charge is 2.33. The molecule has 1 aromatic carbocycles. The number of anilines is 1. The van der Waals surface area contributed by atoms with E-state index in [1.807, 2.05) is 6.26 Å². The van der Waals surface area contributed by atoms with E-state index < -0.39 is 27.9 Å². The van der Waals surface area contributed by atoms with Crippen LogP contribution in [0.25, 0.3) is 0 Å². The molecule has 1 aromatic heterocycles. The van der Waals surface area contributed by atoms with Gasteiger partial charge in [0.1, 0.15) is 5.00 Å². The molecule has 9 nitrogen and oxygen atoms in total. The predicted molar refractivity (Wildman–Crippen MR) is 127 cm³/mol. The van der Waals surface area contributed by atoms with Crippen molar-refractivity contribution in [2.45, 2.75) is 29.6 Å². The number of thioether (sulfide) groups is 1. The molecule has 33 heavy (non-hydrogen) atoms. The van der Waals surface area contributed by atoms with Crippen LogP contribution in [0.15, 0.2) is 45.5 Å². The number of amides is 3. The highest BCUT2D eigenvalue weighted by Crippen LogP contribution is 2.31. The SMILES string of the molecule is CCOC(=O)NC(=O)c1ccsc1NC(=O)C1CCN(S(=O)(=O)c2ccccc2SC)CC1. The van der Waals surface area contributed by atoms with Crippen LogP contribution >= 0.6 is 23.1 Å². The number of hydrogen-bond acceptors (Lipinski definition) is 8. The average molecular weight is 512 g/mol. The number of benzene rings is 1. The minimum absolute atomic E-state index is 0.129. The van der Waals surface area contributed by atoms with E-state index in [9.17, 15) is 22.8 Å². The number of ether oxygens (including phenoxy) is 1.